The number of azo groups is 1. The number of amides is 2. The van der Waals surface area contributed by atoms with Crippen LogP contribution in [0.2, 0.25) is 0 Å². The average Bonchev–Trinajstić information content (AvgIpc) is 2.87. The van der Waals surface area contributed by atoms with E-state index in [0.717, 1.165) is 4.90 Å². The zero-order valence-corrected chi connectivity index (χ0v) is 8.71. The number of carbonyl (C=O) groups is 2. The number of fused-ring (bicyclic) bond motifs is 1. The number of rotatable bonds is 1. The first-order chi connectivity index (χ1) is 8.20. The zero-order chi connectivity index (χ0) is 12.0. The maximum absolute atomic E-state index is 13.6. The Labute approximate surface area is 95.9 Å². The average molecular weight is 233 g/mol. The number of imide groups is 1. The van der Waals surface area contributed by atoms with E-state index in [4.69, 9.17) is 0 Å². The molecular formula is C11H8FN3O2. The quantitative estimate of drug-likeness (QED) is 0.683. The topological polar surface area (TPSA) is 62.1 Å². The maximum Gasteiger partial charge on any atom is 0.261 e. The maximum atomic E-state index is 13.6. The first-order valence-electron chi connectivity index (χ1n) is 5.19. The number of nitrogens with zero attached hydrogens (tertiary/aromatic N) is 3. The molecule has 0 aliphatic carbocycles. The molecule has 0 spiro atoms. The lowest BCUT2D eigenvalue weighted by molar-refractivity contribution is -0.122. The van der Waals surface area contributed by atoms with Crippen LogP contribution in [0.5, 0.6) is 0 Å². The minimum atomic E-state index is -0.762. The normalized spacial score (nSPS) is 26.8. The van der Waals surface area contributed by atoms with E-state index < -0.39 is 29.6 Å². The summed E-state index contributed by atoms with van der Waals surface area (Å²) in [5, 5.41) is 7.41. The summed E-state index contributed by atoms with van der Waals surface area (Å²) < 4.78 is 13.6. The highest BCUT2D eigenvalue weighted by atomic mass is 19.1. The second kappa shape index (κ2) is 3.44. The van der Waals surface area contributed by atoms with Crippen LogP contribution < -0.4 is 4.90 Å². The predicted octanol–water partition coefficient (Wildman–Crippen LogP) is 1.15. The molecule has 17 heavy (non-hydrogen) atoms. The van der Waals surface area contributed by atoms with Gasteiger partial charge in [-0.25, -0.2) is 9.29 Å². The fourth-order valence-electron chi connectivity index (χ4n) is 2.12. The number of hydrogen-bond acceptors (Lipinski definition) is 4. The van der Waals surface area contributed by atoms with Gasteiger partial charge in [-0.3, -0.25) is 9.59 Å². The van der Waals surface area contributed by atoms with Crippen molar-refractivity contribution >= 4 is 17.5 Å². The number of anilines is 1. The molecule has 2 unspecified atom stereocenters. The van der Waals surface area contributed by atoms with Crippen LogP contribution in [0, 0.1) is 11.7 Å². The van der Waals surface area contributed by atoms with Crippen molar-refractivity contribution < 1.29 is 14.0 Å². The van der Waals surface area contributed by atoms with Gasteiger partial charge in [0, 0.05) is 0 Å². The van der Waals surface area contributed by atoms with Gasteiger partial charge in [-0.2, -0.15) is 10.2 Å². The van der Waals surface area contributed by atoms with Gasteiger partial charge in [0.15, 0.2) is 6.04 Å². The standard InChI is InChI=1S/C11H8FN3O2/c12-7-3-1-2-4-8(7)15-10(16)6-5-13-14-9(6)11(15)17/h1-4,6,9H,5H2. The van der Waals surface area contributed by atoms with Crippen LogP contribution in [0.1, 0.15) is 0 Å². The lowest BCUT2D eigenvalue weighted by Crippen LogP contribution is -2.32. The summed E-state index contributed by atoms with van der Waals surface area (Å²) in [6.07, 6.45) is 0. The van der Waals surface area contributed by atoms with Crippen molar-refractivity contribution in [3.63, 3.8) is 0 Å². The third kappa shape index (κ3) is 1.30. The monoisotopic (exact) mass is 233 g/mol. The van der Waals surface area contributed by atoms with Gasteiger partial charge in [-0.1, -0.05) is 12.1 Å². The Morgan fingerprint density at radius 3 is 2.71 bits per heavy atom. The third-order valence-electron chi connectivity index (χ3n) is 2.97. The van der Waals surface area contributed by atoms with Crippen molar-refractivity contribution in [2.75, 3.05) is 11.4 Å². The van der Waals surface area contributed by atoms with Crippen molar-refractivity contribution in [3.05, 3.63) is 30.1 Å². The first kappa shape index (κ1) is 10.1. The largest absolute Gasteiger partial charge is 0.274 e. The van der Waals surface area contributed by atoms with Crippen LogP contribution in [-0.2, 0) is 9.59 Å². The Bertz CT molecular complexity index is 543. The summed E-state index contributed by atoms with van der Waals surface area (Å²) in [7, 11) is 0. The summed E-state index contributed by atoms with van der Waals surface area (Å²) in [4.78, 5) is 24.8. The van der Waals surface area contributed by atoms with Crippen molar-refractivity contribution in [1.82, 2.24) is 0 Å². The summed E-state index contributed by atoms with van der Waals surface area (Å²) in [6.45, 7) is 0.209. The molecule has 0 radical (unpaired) electrons. The Morgan fingerprint density at radius 1 is 1.24 bits per heavy atom. The lowest BCUT2D eigenvalue weighted by Gasteiger charge is -2.15. The summed E-state index contributed by atoms with van der Waals surface area (Å²) >= 11 is 0. The Balaban J connectivity index is 2.05. The molecule has 1 saturated heterocycles. The SMILES string of the molecule is O=C1C2CN=NC2C(=O)N1c1ccccc1F. The summed E-state index contributed by atoms with van der Waals surface area (Å²) in [6, 6.07) is 4.94. The van der Waals surface area contributed by atoms with E-state index in [1.165, 1.54) is 18.2 Å². The molecule has 0 saturated carbocycles. The van der Waals surface area contributed by atoms with E-state index in [0.29, 0.717) is 0 Å². The fraction of sp³-hybridized carbons (Fsp3) is 0.273. The zero-order valence-electron chi connectivity index (χ0n) is 8.71. The minimum absolute atomic E-state index is 0.00731. The fourth-order valence-corrected chi connectivity index (χ4v) is 2.12. The molecule has 2 atom stereocenters. The van der Waals surface area contributed by atoms with E-state index >= 15 is 0 Å². The minimum Gasteiger partial charge on any atom is -0.274 e. The molecule has 2 aliphatic heterocycles. The smallest absolute Gasteiger partial charge is 0.261 e. The molecule has 0 bridgehead atoms. The van der Waals surface area contributed by atoms with Gasteiger partial charge >= 0.3 is 0 Å². The van der Waals surface area contributed by atoms with Crippen molar-refractivity contribution in [1.29, 1.82) is 0 Å². The van der Waals surface area contributed by atoms with Gasteiger partial charge in [-0.05, 0) is 12.1 Å². The van der Waals surface area contributed by atoms with Crippen molar-refractivity contribution in [2.45, 2.75) is 6.04 Å². The number of benzene rings is 1. The molecule has 1 aromatic carbocycles. The molecule has 86 valence electrons. The highest BCUT2D eigenvalue weighted by Crippen LogP contribution is 2.33. The molecular weight excluding hydrogens is 225 g/mol. The Hall–Kier alpha value is -2.11. The van der Waals surface area contributed by atoms with E-state index in [1.54, 1.807) is 6.07 Å². The molecule has 0 N–H and O–H groups in total. The molecule has 3 rings (SSSR count). The second-order valence-corrected chi connectivity index (χ2v) is 3.95. The van der Waals surface area contributed by atoms with Crippen LogP contribution >= 0.6 is 0 Å². The highest BCUT2D eigenvalue weighted by molar-refractivity contribution is 6.23. The van der Waals surface area contributed by atoms with Crippen LogP contribution in [0.4, 0.5) is 10.1 Å². The van der Waals surface area contributed by atoms with Gasteiger partial charge < -0.3 is 0 Å². The molecule has 2 amide bonds. The van der Waals surface area contributed by atoms with E-state index in [9.17, 15) is 14.0 Å². The van der Waals surface area contributed by atoms with Gasteiger partial charge in [0.05, 0.1) is 18.2 Å². The molecule has 1 aromatic rings. The van der Waals surface area contributed by atoms with Crippen molar-refractivity contribution in [3.8, 4) is 0 Å². The predicted molar refractivity (Wildman–Crippen MR) is 55.9 cm³/mol. The summed E-state index contributed by atoms with van der Waals surface area (Å²) in [5.41, 5.74) is -0.00731. The van der Waals surface area contributed by atoms with Gasteiger partial charge in [-0.15, -0.1) is 0 Å². The van der Waals surface area contributed by atoms with Gasteiger partial charge in [0.1, 0.15) is 5.82 Å². The van der Waals surface area contributed by atoms with E-state index in [-0.39, 0.29) is 12.2 Å². The molecule has 2 heterocycles. The van der Waals surface area contributed by atoms with Crippen molar-refractivity contribution in [2.24, 2.45) is 16.1 Å². The van der Waals surface area contributed by atoms with Gasteiger partial charge in [0.25, 0.3) is 5.91 Å². The number of hydrogen-bond donors (Lipinski definition) is 0. The molecule has 0 aromatic heterocycles. The number of para-hydroxylation sites is 1. The lowest BCUT2D eigenvalue weighted by atomic mass is 10.1. The summed E-state index contributed by atoms with van der Waals surface area (Å²) in [5.74, 6) is -2.06. The third-order valence-corrected chi connectivity index (χ3v) is 2.97. The Kier molecular flexibility index (Phi) is 2.04. The second-order valence-electron chi connectivity index (χ2n) is 3.95. The molecule has 5 nitrogen and oxygen atoms in total. The van der Waals surface area contributed by atoms with Gasteiger partial charge in [0.2, 0.25) is 5.91 Å². The highest BCUT2D eigenvalue weighted by Gasteiger charge is 2.51. The van der Waals surface area contributed by atoms with Crippen LogP contribution in [-0.4, -0.2) is 24.4 Å². The number of carbonyl (C=O) groups excluding carboxylic acids is 2. The molecule has 6 heteroatoms. The molecule has 2 aliphatic rings. The van der Waals surface area contributed by atoms with Crippen LogP contribution in [0.25, 0.3) is 0 Å². The number of halogens is 1. The molecule has 1 fully saturated rings. The van der Waals surface area contributed by atoms with Crippen LogP contribution in [0.15, 0.2) is 34.5 Å². The van der Waals surface area contributed by atoms with Crippen LogP contribution in [0.3, 0.4) is 0 Å². The van der Waals surface area contributed by atoms with E-state index in [2.05, 4.69) is 10.2 Å². The van der Waals surface area contributed by atoms with E-state index in [1.807, 2.05) is 0 Å². The first-order valence-corrected chi connectivity index (χ1v) is 5.19. The Morgan fingerprint density at radius 2 is 2.00 bits per heavy atom.